The molecule has 3 aromatic rings. The molecule has 0 unspecified atom stereocenters. The molecule has 1 aliphatic rings. The van der Waals surface area contributed by atoms with E-state index in [9.17, 15) is 9.59 Å². The van der Waals surface area contributed by atoms with Crippen LogP contribution >= 0.6 is 0 Å². The van der Waals surface area contributed by atoms with Gasteiger partial charge in [0.2, 0.25) is 5.91 Å². The average Bonchev–Trinajstić information content (AvgIpc) is 3.15. The highest BCUT2D eigenvalue weighted by atomic mass is 16.4. The first-order valence-corrected chi connectivity index (χ1v) is 9.20. The van der Waals surface area contributed by atoms with E-state index < -0.39 is 5.76 Å². The first-order chi connectivity index (χ1) is 12.9. The number of aromatic nitrogens is 4. The minimum atomic E-state index is -0.515. The van der Waals surface area contributed by atoms with Gasteiger partial charge in [0.05, 0.1) is 18.1 Å². The summed E-state index contributed by atoms with van der Waals surface area (Å²) in [5.41, 5.74) is 1.12. The largest absolute Gasteiger partial charge is 0.420 e. The van der Waals surface area contributed by atoms with Crippen LogP contribution in [0, 0.1) is 12.8 Å². The van der Waals surface area contributed by atoms with Crippen LogP contribution in [0.4, 0.5) is 0 Å². The van der Waals surface area contributed by atoms with Gasteiger partial charge in [-0.05, 0) is 31.4 Å². The third-order valence-electron chi connectivity index (χ3n) is 5.03. The smallest absolute Gasteiger partial charge is 0.408 e. The number of rotatable bonds is 4. The molecular weight excluding hydrogens is 346 g/mol. The van der Waals surface area contributed by atoms with Gasteiger partial charge in [0, 0.05) is 6.54 Å². The highest BCUT2D eigenvalue weighted by Crippen LogP contribution is 2.27. The number of fused-ring (bicyclic) bond motifs is 2. The Morgan fingerprint density at radius 1 is 1.30 bits per heavy atom. The molecular formula is C19H23N5O3. The Kier molecular flexibility index (Phi) is 4.33. The van der Waals surface area contributed by atoms with Crippen molar-refractivity contribution in [3.63, 3.8) is 0 Å². The monoisotopic (exact) mass is 369 g/mol. The van der Waals surface area contributed by atoms with Crippen molar-refractivity contribution in [2.75, 3.05) is 6.54 Å². The summed E-state index contributed by atoms with van der Waals surface area (Å²) in [5.74, 6) is 1.52. The Labute approximate surface area is 156 Å². The van der Waals surface area contributed by atoms with E-state index in [0.29, 0.717) is 30.1 Å². The highest BCUT2D eigenvalue weighted by molar-refractivity contribution is 5.79. The van der Waals surface area contributed by atoms with Crippen molar-refractivity contribution in [1.29, 1.82) is 0 Å². The second-order valence-electron chi connectivity index (χ2n) is 7.51. The van der Waals surface area contributed by atoms with Gasteiger partial charge in [-0.1, -0.05) is 26.0 Å². The maximum Gasteiger partial charge on any atom is 0.420 e. The Morgan fingerprint density at radius 3 is 2.85 bits per heavy atom. The van der Waals surface area contributed by atoms with Gasteiger partial charge in [0.25, 0.3) is 0 Å². The summed E-state index contributed by atoms with van der Waals surface area (Å²) in [6, 6.07) is 7.27. The first kappa shape index (κ1) is 17.5. The number of para-hydroxylation sites is 2. The number of hydrogen-bond acceptors (Lipinski definition) is 5. The molecule has 0 aliphatic carbocycles. The van der Waals surface area contributed by atoms with Crippen LogP contribution in [0.2, 0.25) is 0 Å². The molecule has 0 saturated carbocycles. The molecule has 8 nitrogen and oxygen atoms in total. The molecule has 27 heavy (non-hydrogen) atoms. The lowest BCUT2D eigenvalue weighted by Crippen LogP contribution is -2.43. The van der Waals surface area contributed by atoms with Crippen LogP contribution in [0.15, 0.2) is 33.5 Å². The maximum absolute atomic E-state index is 13.0. The Hall–Kier alpha value is -2.90. The predicted molar refractivity (Wildman–Crippen MR) is 99.1 cm³/mol. The first-order valence-electron chi connectivity index (χ1n) is 9.20. The molecule has 8 heteroatoms. The maximum atomic E-state index is 13.0. The van der Waals surface area contributed by atoms with Gasteiger partial charge < -0.3 is 13.9 Å². The third-order valence-corrected chi connectivity index (χ3v) is 5.03. The number of carbonyl (C=O) groups excluding carboxylic acids is 1. The molecule has 1 aliphatic heterocycles. The molecule has 0 bridgehead atoms. The highest BCUT2D eigenvalue weighted by Gasteiger charge is 2.31. The summed E-state index contributed by atoms with van der Waals surface area (Å²) in [4.78, 5) is 26.9. The predicted octanol–water partition coefficient (Wildman–Crippen LogP) is 2.12. The topological polar surface area (TPSA) is 86.2 Å². The fourth-order valence-corrected chi connectivity index (χ4v) is 3.88. The lowest BCUT2D eigenvalue weighted by atomic mass is 10.0. The average molecular weight is 369 g/mol. The number of carbonyl (C=O) groups is 1. The molecule has 1 aromatic carbocycles. The van der Waals surface area contributed by atoms with Crippen LogP contribution in [0.3, 0.4) is 0 Å². The van der Waals surface area contributed by atoms with Crippen molar-refractivity contribution >= 4 is 17.0 Å². The summed E-state index contributed by atoms with van der Waals surface area (Å²) in [7, 11) is 0. The van der Waals surface area contributed by atoms with Crippen LogP contribution in [-0.2, 0) is 17.9 Å². The Bertz CT molecular complexity index is 1050. The summed E-state index contributed by atoms with van der Waals surface area (Å²) >= 11 is 0. The normalized spacial score (nSPS) is 16.9. The molecule has 0 spiro atoms. The summed E-state index contributed by atoms with van der Waals surface area (Å²) < 4.78 is 8.76. The fraction of sp³-hybridized carbons (Fsp3) is 0.474. The zero-order chi connectivity index (χ0) is 19.1. The van der Waals surface area contributed by atoms with E-state index in [1.807, 2.05) is 13.0 Å². The van der Waals surface area contributed by atoms with Crippen LogP contribution in [-0.4, -0.2) is 36.7 Å². The van der Waals surface area contributed by atoms with Gasteiger partial charge in [-0.2, -0.15) is 0 Å². The quantitative estimate of drug-likeness (QED) is 0.703. The van der Waals surface area contributed by atoms with Crippen molar-refractivity contribution in [3.8, 4) is 0 Å². The van der Waals surface area contributed by atoms with Crippen molar-refractivity contribution < 1.29 is 9.21 Å². The van der Waals surface area contributed by atoms with Gasteiger partial charge in [-0.15, -0.1) is 10.2 Å². The fourth-order valence-electron chi connectivity index (χ4n) is 3.88. The SMILES string of the molecule is Cc1nnc2n1[C@@H](CC(C)C)CN(C(=O)Cn1c(=O)oc3ccccc31)C2. The minimum Gasteiger partial charge on any atom is -0.408 e. The van der Waals surface area contributed by atoms with Gasteiger partial charge >= 0.3 is 5.76 Å². The Morgan fingerprint density at radius 2 is 2.07 bits per heavy atom. The van der Waals surface area contributed by atoms with E-state index in [1.165, 1.54) is 4.57 Å². The minimum absolute atomic E-state index is 0.0443. The van der Waals surface area contributed by atoms with Crippen LogP contribution in [0.1, 0.15) is 38.0 Å². The molecule has 2 aromatic heterocycles. The van der Waals surface area contributed by atoms with Crippen LogP contribution in [0.25, 0.3) is 11.1 Å². The van der Waals surface area contributed by atoms with Gasteiger partial charge in [0.1, 0.15) is 12.4 Å². The number of amides is 1. The molecule has 1 atom stereocenters. The van der Waals surface area contributed by atoms with E-state index in [1.54, 1.807) is 23.1 Å². The third kappa shape index (κ3) is 3.15. The number of nitrogens with zero attached hydrogens (tertiary/aromatic N) is 5. The standard InChI is InChI=1S/C19H23N5O3/c1-12(2)8-14-9-22(10-17-21-20-13(3)24(14)17)18(25)11-23-15-6-4-5-7-16(15)27-19(23)26/h4-7,12,14H,8-11H2,1-3H3/t14-/m0/s1. The number of aryl methyl sites for hydroxylation is 1. The second-order valence-corrected chi connectivity index (χ2v) is 7.51. The lowest BCUT2D eigenvalue weighted by molar-refractivity contribution is -0.134. The lowest BCUT2D eigenvalue weighted by Gasteiger charge is -2.35. The molecule has 0 saturated heterocycles. The van der Waals surface area contributed by atoms with Gasteiger partial charge in [-0.25, -0.2) is 4.79 Å². The number of hydrogen-bond donors (Lipinski definition) is 0. The molecule has 4 rings (SSSR count). The number of benzene rings is 1. The zero-order valence-corrected chi connectivity index (χ0v) is 15.8. The summed E-state index contributed by atoms with van der Waals surface area (Å²) in [6.07, 6.45) is 0.935. The van der Waals surface area contributed by atoms with E-state index in [2.05, 4.69) is 28.6 Å². The van der Waals surface area contributed by atoms with Crippen molar-refractivity contribution in [1.82, 2.24) is 24.2 Å². The van der Waals surface area contributed by atoms with Crippen LogP contribution in [0.5, 0.6) is 0 Å². The van der Waals surface area contributed by atoms with E-state index >= 15 is 0 Å². The van der Waals surface area contributed by atoms with Gasteiger partial charge in [0.15, 0.2) is 11.4 Å². The van der Waals surface area contributed by atoms with Crippen molar-refractivity contribution in [2.45, 2.75) is 46.3 Å². The number of oxazole rings is 1. The van der Waals surface area contributed by atoms with E-state index in [0.717, 1.165) is 18.1 Å². The van der Waals surface area contributed by atoms with Crippen molar-refractivity contribution in [3.05, 3.63) is 46.5 Å². The molecule has 0 radical (unpaired) electrons. The van der Waals surface area contributed by atoms with Crippen LogP contribution < -0.4 is 5.76 Å². The van der Waals surface area contributed by atoms with E-state index in [4.69, 9.17) is 4.42 Å². The molecule has 0 fully saturated rings. The van der Waals surface area contributed by atoms with Gasteiger partial charge in [-0.3, -0.25) is 9.36 Å². The summed E-state index contributed by atoms with van der Waals surface area (Å²) in [6.45, 7) is 7.22. The Balaban J connectivity index is 1.60. The molecule has 3 heterocycles. The second kappa shape index (κ2) is 6.68. The zero-order valence-electron chi connectivity index (χ0n) is 15.8. The molecule has 142 valence electrons. The molecule has 0 N–H and O–H groups in total. The molecule has 1 amide bonds. The van der Waals surface area contributed by atoms with Crippen molar-refractivity contribution in [2.24, 2.45) is 5.92 Å². The van der Waals surface area contributed by atoms with E-state index in [-0.39, 0.29) is 18.5 Å². The summed E-state index contributed by atoms with van der Waals surface area (Å²) in [5, 5.41) is 8.43.